The van der Waals surface area contributed by atoms with Gasteiger partial charge in [-0.1, -0.05) is 47.5 Å². The minimum absolute atomic E-state index is 0.176. The van der Waals surface area contributed by atoms with Crippen LogP contribution in [0.2, 0.25) is 10.0 Å². The van der Waals surface area contributed by atoms with E-state index in [0.717, 1.165) is 6.07 Å². The number of ether oxygens (including phenoxy) is 1. The number of benzene rings is 2. The summed E-state index contributed by atoms with van der Waals surface area (Å²) in [5, 5.41) is 10.5. The molecule has 2 rings (SSSR count). The highest BCUT2D eigenvalue weighted by Gasteiger charge is 2.33. The Morgan fingerprint density at radius 2 is 1.88 bits per heavy atom. The highest BCUT2D eigenvalue weighted by atomic mass is 35.5. The maximum Gasteiger partial charge on any atom is 0.417 e. The molecule has 2 aromatic rings. The molecule has 0 aliphatic carbocycles. The van der Waals surface area contributed by atoms with E-state index in [9.17, 15) is 13.2 Å². The van der Waals surface area contributed by atoms with Crippen molar-refractivity contribution in [3.63, 3.8) is 0 Å². The summed E-state index contributed by atoms with van der Waals surface area (Å²) in [7, 11) is 0. The van der Waals surface area contributed by atoms with E-state index in [0.29, 0.717) is 5.56 Å². The second kappa shape index (κ2) is 8.29. The van der Waals surface area contributed by atoms with Crippen LogP contribution in [0.3, 0.4) is 0 Å². The van der Waals surface area contributed by atoms with Gasteiger partial charge in [0, 0.05) is 11.1 Å². The first-order valence-electron chi connectivity index (χ1n) is 7.09. The first-order valence-corrected chi connectivity index (χ1v) is 7.84. The molecule has 0 bridgehead atoms. The third kappa shape index (κ3) is 5.03. The molecule has 2 aromatic carbocycles. The van der Waals surface area contributed by atoms with Gasteiger partial charge in [-0.25, -0.2) is 5.43 Å². The maximum absolute atomic E-state index is 12.9. The first-order chi connectivity index (χ1) is 12.2. The Balaban J connectivity index is 2.18. The van der Waals surface area contributed by atoms with E-state index < -0.39 is 16.8 Å². The Hall–Kier alpha value is -2.45. The van der Waals surface area contributed by atoms with Gasteiger partial charge in [-0.2, -0.15) is 18.3 Å². The monoisotopic (exact) mass is 404 g/mol. The number of hydrogen-bond donors (Lipinski definition) is 3. The lowest BCUT2D eigenvalue weighted by Crippen LogP contribution is -2.25. The van der Waals surface area contributed by atoms with Gasteiger partial charge >= 0.3 is 6.18 Å². The predicted octanol–water partition coefficient (Wildman–Crippen LogP) is 4.41. The van der Waals surface area contributed by atoms with Gasteiger partial charge in [0.2, 0.25) is 5.96 Å². The molecule has 0 heterocycles. The van der Waals surface area contributed by atoms with Crippen LogP contribution in [0.1, 0.15) is 16.7 Å². The number of hydrazone groups is 1. The van der Waals surface area contributed by atoms with Crippen molar-refractivity contribution in [1.29, 1.82) is 5.41 Å². The lowest BCUT2D eigenvalue weighted by Gasteiger charge is -2.14. The van der Waals surface area contributed by atoms with Gasteiger partial charge in [-0.05, 0) is 12.1 Å². The molecule has 4 N–H and O–H groups in total. The summed E-state index contributed by atoms with van der Waals surface area (Å²) in [6.45, 7) is -0.200. The van der Waals surface area contributed by atoms with Crippen LogP contribution in [0.25, 0.3) is 0 Å². The first kappa shape index (κ1) is 19.9. The zero-order chi connectivity index (χ0) is 19.3. The molecule has 26 heavy (non-hydrogen) atoms. The lowest BCUT2D eigenvalue weighted by molar-refractivity contribution is -0.137. The number of nitrogens with two attached hydrogens (primary N) is 1. The molecule has 0 saturated carbocycles. The Morgan fingerprint density at radius 1 is 1.19 bits per heavy atom. The van der Waals surface area contributed by atoms with Gasteiger partial charge in [0.15, 0.2) is 0 Å². The molecule has 5 nitrogen and oxygen atoms in total. The molecule has 0 saturated heterocycles. The summed E-state index contributed by atoms with van der Waals surface area (Å²) in [6.07, 6.45) is -3.22. The SMILES string of the molecule is N=C(N)N/N=C/c1cccc(OCc2cccc(C(F)(F)F)c2Cl)c1Cl. The topological polar surface area (TPSA) is 83.5 Å². The molecule has 138 valence electrons. The fourth-order valence-electron chi connectivity index (χ4n) is 1.98. The average molecular weight is 405 g/mol. The lowest BCUT2D eigenvalue weighted by atomic mass is 10.1. The third-order valence-corrected chi connectivity index (χ3v) is 4.00. The number of guanidine groups is 1. The molecule has 0 amide bonds. The highest BCUT2D eigenvalue weighted by molar-refractivity contribution is 6.34. The Labute approximate surface area is 157 Å². The summed E-state index contributed by atoms with van der Waals surface area (Å²) < 4.78 is 44.2. The fourth-order valence-corrected chi connectivity index (χ4v) is 2.49. The van der Waals surface area contributed by atoms with Crippen molar-refractivity contribution in [2.24, 2.45) is 10.8 Å². The summed E-state index contributed by atoms with van der Waals surface area (Å²) in [6, 6.07) is 8.42. The van der Waals surface area contributed by atoms with Crippen LogP contribution in [0, 0.1) is 5.41 Å². The van der Waals surface area contributed by atoms with Crippen molar-refractivity contribution in [2.75, 3.05) is 0 Å². The molecule has 0 radical (unpaired) electrons. The third-order valence-electron chi connectivity index (χ3n) is 3.15. The maximum atomic E-state index is 12.9. The normalized spacial score (nSPS) is 11.6. The Kier molecular flexibility index (Phi) is 6.33. The molecule has 0 aliphatic rings. The summed E-state index contributed by atoms with van der Waals surface area (Å²) in [5.41, 5.74) is 7.05. The van der Waals surface area contributed by atoms with E-state index in [1.165, 1.54) is 18.3 Å². The van der Waals surface area contributed by atoms with E-state index in [1.807, 2.05) is 0 Å². The van der Waals surface area contributed by atoms with E-state index in [2.05, 4.69) is 10.5 Å². The number of nitrogens with zero attached hydrogens (tertiary/aromatic N) is 1. The number of alkyl halides is 3. The number of rotatable bonds is 5. The highest BCUT2D eigenvalue weighted by Crippen LogP contribution is 2.37. The van der Waals surface area contributed by atoms with E-state index in [1.54, 1.807) is 18.2 Å². The summed E-state index contributed by atoms with van der Waals surface area (Å²) in [4.78, 5) is 0. The molecule has 10 heteroatoms. The fraction of sp³-hybridized carbons (Fsp3) is 0.125. The van der Waals surface area contributed by atoms with Crippen molar-refractivity contribution in [2.45, 2.75) is 12.8 Å². The minimum Gasteiger partial charge on any atom is -0.487 e. The molecular formula is C16H13Cl2F3N4O. The van der Waals surface area contributed by atoms with E-state index in [4.69, 9.17) is 39.1 Å². The molecule has 0 atom stereocenters. The second-order valence-corrected chi connectivity index (χ2v) is 5.76. The molecular weight excluding hydrogens is 392 g/mol. The minimum atomic E-state index is -4.55. The van der Waals surface area contributed by atoms with Crippen LogP contribution in [-0.4, -0.2) is 12.2 Å². The second-order valence-electron chi connectivity index (χ2n) is 5.01. The van der Waals surface area contributed by atoms with Crippen molar-refractivity contribution in [3.8, 4) is 5.75 Å². The summed E-state index contributed by atoms with van der Waals surface area (Å²) >= 11 is 12.0. The molecule has 0 fully saturated rings. The number of halogens is 5. The molecule has 0 aliphatic heterocycles. The van der Waals surface area contributed by atoms with Crippen LogP contribution in [-0.2, 0) is 12.8 Å². The summed E-state index contributed by atoms with van der Waals surface area (Å²) in [5.74, 6) is -0.101. The van der Waals surface area contributed by atoms with Gasteiger partial charge in [0.05, 0.1) is 21.8 Å². The van der Waals surface area contributed by atoms with E-state index in [-0.39, 0.29) is 28.9 Å². The zero-order valence-electron chi connectivity index (χ0n) is 13.1. The van der Waals surface area contributed by atoms with Gasteiger partial charge in [0.1, 0.15) is 12.4 Å². The largest absolute Gasteiger partial charge is 0.487 e. The van der Waals surface area contributed by atoms with Crippen molar-refractivity contribution in [3.05, 3.63) is 63.1 Å². The quantitative estimate of drug-likeness (QED) is 0.392. The number of hydrogen-bond acceptors (Lipinski definition) is 3. The van der Waals surface area contributed by atoms with Crippen LogP contribution in [0.4, 0.5) is 13.2 Å². The van der Waals surface area contributed by atoms with Crippen LogP contribution in [0.15, 0.2) is 41.5 Å². The zero-order valence-corrected chi connectivity index (χ0v) is 14.6. The van der Waals surface area contributed by atoms with Crippen LogP contribution < -0.4 is 15.9 Å². The van der Waals surface area contributed by atoms with Gasteiger partial charge in [0.25, 0.3) is 0 Å². The molecule has 0 aromatic heterocycles. The Morgan fingerprint density at radius 3 is 2.54 bits per heavy atom. The molecule has 0 unspecified atom stereocenters. The Bertz CT molecular complexity index is 841. The smallest absolute Gasteiger partial charge is 0.417 e. The molecule has 0 spiro atoms. The van der Waals surface area contributed by atoms with Crippen LogP contribution in [0.5, 0.6) is 5.75 Å². The van der Waals surface area contributed by atoms with Gasteiger partial charge < -0.3 is 10.5 Å². The number of nitrogens with one attached hydrogen (secondary N) is 2. The van der Waals surface area contributed by atoms with Crippen LogP contribution >= 0.6 is 23.2 Å². The predicted molar refractivity (Wildman–Crippen MR) is 94.9 cm³/mol. The van der Waals surface area contributed by atoms with Crippen molar-refractivity contribution in [1.82, 2.24) is 5.43 Å². The van der Waals surface area contributed by atoms with Crippen molar-refractivity contribution >= 4 is 35.4 Å². The standard InChI is InChI=1S/C16H13Cl2F3N4O/c17-13-10(4-1-5-11(13)16(19,20)21)8-26-12-6-2-3-9(14(12)18)7-24-25-15(22)23/h1-7H,8H2,(H4,22,23,25)/b24-7+. The van der Waals surface area contributed by atoms with Gasteiger partial charge in [-0.15, -0.1) is 0 Å². The van der Waals surface area contributed by atoms with Crippen molar-refractivity contribution < 1.29 is 17.9 Å². The average Bonchev–Trinajstić information content (AvgIpc) is 2.55. The van der Waals surface area contributed by atoms with Gasteiger partial charge in [-0.3, -0.25) is 5.41 Å². The van der Waals surface area contributed by atoms with E-state index >= 15 is 0 Å².